The van der Waals surface area contributed by atoms with Crippen molar-refractivity contribution in [2.75, 3.05) is 13.7 Å². The molecule has 2 aromatic rings. The normalized spacial score (nSPS) is 15.2. The van der Waals surface area contributed by atoms with Crippen molar-refractivity contribution in [3.8, 4) is 5.75 Å². The Kier molecular flexibility index (Phi) is 6.38. The van der Waals surface area contributed by atoms with Gasteiger partial charge in [-0.3, -0.25) is 19.3 Å². The molecule has 0 aliphatic carbocycles. The number of hydrogen-bond acceptors (Lipinski definition) is 5. The van der Waals surface area contributed by atoms with Crippen molar-refractivity contribution in [2.24, 2.45) is 0 Å². The topological polar surface area (TPSA) is 75.7 Å². The number of nitrogens with one attached hydrogen (secondary N) is 1. The predicted octanol–water partition coefficient (Wildman–Crippen LogP) is 3.70. The highest BCUT2D eigenvalue weighted by Gasteiger charge is 2.36. The van der Waals surface area contributed by atoms with E-state index in [1.807, 2.05) is 12.1 Å². The van der Waals surface area contributed by atoms with E-state index >= 15 is 0 Å². The summed E-state index contributed by atoms with van der Waals surface area (Å²) in [5.41, 5.74) is 1.63. The van der Waals surface area contributed by atoms with E-state index in [4.69, 9.17) is 16.3 Å². The van der Waals surface area contributed by atoms with Crippen LogP contribution < -0.4 is 10.1 Å². The number of ether oxygens (including phenoxy) is 1. The summed E-state index contributed by atoms with van der Waals surface area (Å²) < 4.78 is 5.08. The van der Waals surface area contributed by atoms with Crippen LogP contribution in [0.3, 0.4) is 0 Å². The van der Waals surface area contributed by atoms with Gasteiger partial charge in [0.15, 0.2) is 0 Å². The Morgan fingerprint density at radius 3 is 2.46 bits per heavy atom. The Bertz CT molecular complexity index is 926. The molecule has 0 aromatic heterocycles. The number of imide groups is 1. The number of nitrogens with zero attached hydrogens (tertiary/aromatic N) is 1. The van der Waals surface area contributed by atoms with E-state index in [9.17, 15) is 14.4 Å². The maximum absolute atomic E-state index is 12.5. The average molecular weight is 417 g/mol. The van der Waals surface area contributed by atoms with Gasteiger partial charge in [0, 0.05) is 11.6 Å². The number of halogens is 1. The zero-order valence-electron chi connectivity index (χ0n) is 15.0. The summed E-state index contributed by atoms with van der Waals surface area (Å²) in [6.07, 6.45) is 1.61. The molecule has 2 aromatic carbocycles. The van der Waals surface area contributed by atoms with Crippen molar-refractivity contribution < 1.29 is 19.1 Å². The number of carbonyl (C=O) groups is 3. The first-order valence-corrected chi connectivity index (χ1v) is 9.56. The fourth-order valence-electron chi connectivity index (χ4n) is 2.49. The van der Waals surface area contributed by atoms with Crippen molar-refractivity contribution in [3.05, 3.63) is 69.6 Å². The predicted molar refractivity (Wildman–Crippen MR) is 109 cm³/mol. The molecular weight excluding hydrogens is 400 g/mol. The maximum atomic E-state index is 12.5. The Morgan fingerprint density at radius 2 is 1.82 bits per heavy atom. The van der Waals surface area contributed by atoms with Crippen LogP contribution in [0.25, 0.3) is 6.08 Å². The molecule has 1 N–H and O–H groups in total. The van der Waals surface area contributed by atoms with Gasteiger partial charge in [0.2, 0.25) is 5.91 Å². The van der Waals surface area contributed by atoms with Gasteiger partial charge in [-0.15, -0.1) is 0 Å². The molecule has 0 unspecified atom stereocenters. The number of hydrogen-bond donors (Lipinski definition) is 1. The number of thioether (sulfide) groups is 1. The molecule has 0 radical (unpaired) electrons. The van der Waals surface area contributed by atoms with E-state index in [1.165, 1.54) is 0 Å². The third kappa shape index (κ3) is 4.94. The van der Waals surface area contributed by atoms with Crippen molar-refractivity contribution in [2.45, 2.75) is 6.54 Å². The van der Waals surface area contributed by atoms with E-state index in [1.54, 1.807) is 49.6 Å². The van der Waals surface area contributed by atoms with Gasteiger partial charge in [-0.05, 0) is 53.2 Å². The second kappa shape index (κ2) is 8.95. The molecule has 144 valence electrons. The van der Waals surface area contributed by atoms with E-state index in [0.717, 1.165) is 33.5 Å². The highest BCUT2D eigenvalue weighted by molar-refractivity contribution is 8.18. The fourth-order valence-corrected chi connectivity index (χ4v) is 3.45. The van der Waals surface area contributed by atoms with Crippen LogP contribution in [0.1, 0.15) is 11.1 Å². The summed E-state index contributed by atoms with van der Waals surface area (Å²) >= 11 is 6.66. The molecule has 3 amide bonds. The molecule has 1 aliphatic heterocycles. The monoisotopic (exact) mass is 416 g/mol. The third-order valence-electron chi connectivity index (χ3n) is 3.99. The van der Waals surface area contributed by atoms with Gasteiger partial charge in [-0.25, -0.2) is 0 Å². The lowest BCUT2D eigenvalue weighted by molar-refractivity contribution is -0.129. The molecule has 8 heteroatoms. The summed E-state index contributed by atoms with van der Waals surface area (Å²) in [6, 6.07) is 14.1. The van der Waals surface area contributed by atoms with Crippen molar-refractivity contribution in [1.82, 2.24) is 10.2 Å². The first-order valence-electron chi connectivity index (χ1n) is 8.37. The standard InChI is InChI=1S/C20H17ClN2O4S/c1-27-16-8-4-14(5-9-16)11-22-18(24)12-23-19(25)17(28-20(23)26)10-13-2-6-15(21)7-3-13/h2-10H,11-12H2,1H3,(H,22,24)/b17-10-. The second-order valence-electron chi connectivity index (χ2n) is 5.94. The number of amides is 3. The number of methoxy groups -OCH3 is 1. The molecule has 1 heterocycles. The minimum Gasteiger partial charge on any atom is -0.497 e. The van der Waals surface area contributed by atoms with Gasteiger partial charge in [-0.1, -0.05) is 35.9 Å². The first-order chi connectivity index (χ1) is 13.5. The fraction of sp³-hybridized carbons (Fsp3) is 0.150. The van der Waals surface area contributed by atoms with Crippen molar-refractivity contribution >= 4 is 46.5 Å². The second-order valence-corrected chi connectivity index (χ2v) is 7.37. The summed E-state index contributed by atoms with van der Waals surface area (Å²) in [6.45, 7) is -0.0293. The molecule has 1 saturated heterocycles. The highest BCUT2D eigenvalue weighted by atomic mass is 35.5. The lowest BCUT2D eigenvalue weighted by Crippen LogP contribution is -2.39. The minimum atomic E-state index is -0.482. The highest BCUT2D eigenvalue weighted by Crippen LogP contribution is 2.32. The van der Waals surface area contributed by atoms with Crippen LogP contribution in [0.4, 0.5) is 4.79 Å². The molecule has 0 bridgehead atoms. The van der Waals surface area contributed by atoms with Crippen molar-refractivity contribution in [3.63, 3.8) is 0 Å². The van der Waals surface area contributed by atoms with Gasteiger partial charge in [0.05, 0.1) is 12.0 Å². The Morgan fingerprint density at radius 1 is 1.14 bits per heavy atom. The van der Waals surface area contributed by atoms with Gasteiger partial charge in [0.25, 0.3) is 11.1 Å². The summed E-state index contributed by atoms with van der Waals surface area (Å²) in [5.74, 6) is -0.171. The molecule has 1 fully saturated rings. The zero-order chi connectivity index (χ0) is 20.1. The van der Waals surface area contributed by atoms with Gasteiger partial charge >= 0.3 is 0 Å². The van der Waals surface area contributed by atoms with Crippen LogP contribution in [-0.2, 0) is 16.1 Å². The van der Waals surface area contributed by atoms with Crippen molar-refractivity contribution in [1.29, 1.82) is 0 Å². The molecule has 0 atom stereocenters. The van der Waals surface area contributed by atoms with E-state index in [0.29, 0.717) is 11.6 Å². The zero-order valence-corrected chi connectivity index (χ0v) is 16.5. The Balaban J connectivity index is 1.58. The maximum Gasteiger partial charge on any atom is 0.294 e. The molecule has 0 spiro atoms. The summed E-state index contributed by atoms with van der Waals surface area (Å²) in [7, 11) is 1.58. The molecule has 28 heavy (non-hydrogen) atoms. The molecule has 6 nitrogen and oxygen atoms in total. The minimum absolute atomic E-state index is 0.273. The van der Waals surface area contributed by atoms with E-state index in [-0.39, 0.29) is 11.4 Å². The Hall–Kier alpha value is -2.77. The molecule has 0 saturated carbocycles. The summed E-state index contributed by atoms with van der Waals surface area (Å²) in [4.78, 5) is 38.0. The van der Waals surface area contributed by atoms with Crippen LogP contribution in [0.5, 0.6) is 5.75 Å². The van der Waals surface area contributed by atoms with E-state index < -0.39 is 17.1 Å². The number of rotatable bonds is 6. The Labute approximate surface area is 171 Å². The lowest BCUT2D eigenvalue weighted by atomic mass is 10.2. The van der Waals surface area contributed by atoms with Crippen LogP contribution in [0, 0.1) is 0 Å². The van der Waals surface area contributed by atoms with Gasteiger partial charge in [0.1, 0.15) is 12.3 Å². The smallest absolute Gasteiger partial charge is 0.294 e. The van der Waals surface area contributed by atoms with Gasteiger partial charge < -0.3 is 10.1 Å². The molecule has 3 rings (SSSR count). The molecular formula is C20H17ClN2O4S. The van der Waals surface area contributed by atoms with E-state index in [2.05, 4.69) is 5.32 Å². The number of carbonyl (C=O) groups excluding carboxylic acids is 3. The summed E-state index contributed by atoms with van der Waals surface area (Å²) in [5, 5.41) is 2.82. The van der Waals surface area contributed by atoms with Gasteiger partial charge in [-0.2, -0.15) is 0 Å². The number of benzene rings is 2. The van der Waals surface area contributed by atoms with Crippen LogP contribution in [0.2, 0.25) is 5.02 Å². The van der Waals surface area contributed by atoms with Crippen LogP contribution in [0.15, 0.2) is 53.4 Å². The SMILES string of the molecule is COc1ccc(CNC(=O)CN2C(=O)S/C(=C\c3ccc(Cl)cc3)C2=O)cc1. The first kappa shape index (κ1) is 20.0. The quantitative estimate of drug-likeness (QED) is 0.726. The van der Waals surface area contributed by atoms with Crippen LogP contribution >= 0.6 is 23.4 Å². The van der Waals surface area contributed by atoms with Crippen LogP contribution in [-0.4, -0.2) is 35.6 Å². The average Bonchev–Trinajstić information content (AvgIpc) is 2.96. The largest absolute Gasteiger partial charge is 0.497 e. The third-order valence-corrected chi connectivity index (χ3v) is 5.15. The lowest BCUT2D eigenvalue weighted by Gasteiger charge is -2.12. The molecule has 1 aliphatic rings.